The summed E-state index contributed by atoms with van der Waals surface area (Å²) in [5.74, 6) is -1.35. The lowest BCUT2D eigenvalue weighted by Gasteiger charge is -2.23. The summed E-state index contributed by atoms with van der Waals surface area (Å²) in [5.41, 5.74) is 5.89. The van der Waals surface area contributed by atoms with E-state index in [-0.39, 0.29) is 12.1 Å². The third-order valence-corrected chi connectivity index (χ3v) is 4.96. The summed E-state index contributed by atoms with van der Waals surface area (Å²) in [7, 11) is -3.84. The van der Waals surface area contributed by atoms with E-state index in [0.717, 1.165) is 32.6 Å². The fraction of sp³-hybridized carbons (Fsp3) is 0.900. The van der Waals surface area contributed by atoms with Gasteiger partial charge in [0, 0.05) is 12.1 Å². The summed E-state index contributed by atoms with van der Waals surface area (Å²) in [4.78, 5) is 10.7. The molecule has 0 spiro atoms. The van der Waals surface area contributed by atoms with E-state index in [2.05, 4.69) is 4.72 Å². The highest BCUT2D eigenvalue weighted by atomic mass is 32.2. The number of carboxylic acids is 1. The van der Waals surface area contributed by atoms with Crippen LogP contribution in [-0.2, 0) is 14.8 Å². The molecule has 6 nitrogen and oxygen atoms in total. The minimum atomic E-state index is -3.84. The zero-order valence-corrected chi connectivity index (χ0v) is 10.7. The van der Waals surface area contributed by atoms with Gasteiger partial charge >= 0.3 is 5.97 Å². The van der Waals surface area contributed by atoms with Gasteiger partial charge in [0.05, 0.1) is 0 Å². The Balaban J connectivity index is 2.71. The van der Waals surface area contributed by atoms with Gasteiger partial charge in [0.15, 0.2) is 5.25 Å². The molecule has 0 aliphatic heterocycles. The van der Waals surface area contributed by atoms with Gasteiger partial charge in [-0.3, -0.25) is 4.79 Å². The van der Waals surface area contributed by atoms with Crippen LogP contribution in [0.25, 0.3) is 0 Å². The second-order valence-corrected chi connectivity index (χ2v) is 6.58. The lowest BCUT2D eigenvalue weighted by atomic mass is 10.1. The highest BCUT2D eigenvalue weighted by Gasteiger charge is 2.32. The van der Waals surface area contributed by atoms with Crippen molar-refractivity contribution in [3.63, 3.8) is 0 Å². The van der Waals surface area contributed by atoms with Crippen LogP contribution in [0.1, 0.15) is 39.0 Å². The topological polar surface area (TPSA) is 109 Å². The van der Waals surface area contributed by atoms with Crippen LogP contribution in [0.3, 0.4) is 0 Å². The zero-order chi connectivity index (χ0) is 13.1. The zero-order valence-electron chi connectivity index (χ0n) is 9.93. The van der Waals surface area contributed by atoms with Crippen molar-refractivity contribution in [2.75, 3.05) is 0 Å². The van der Waals surface area contributed by atoms with Crippen LogP contribution in [-0.4, -0.2) is 36.8 Å². The molecule has 0 bridgehead atoms. The van der Waals surface area contributed by atoms with Gasteiger partial charge < -0.3 is 10.8 Å². The molecule has 1 aliphatic carbocycles. The smallest absolute Gasteiger partial charge is 0.323 e. The summed E-state index contributed by atoms with van der Waals surface area (Å²) in [6, 6.07) is -0.572. The molecule has 1 rings (SSSR count). The Kier molecular flexibility index (Phi) is 4.91. The lowest BCUT2D eigenvalue weighted by Crippen LogP contribution is -2.50. The molecule has 17 heavy (non-hydrogen) atoms. The van der Waals surface area contributed by atoms with Gasteiger partial charge in [0.2, 0.25) is 10.0 Å². The van der Waals surface area contributed by atoms with Crippen LogP contribution in [0.15, 0.2) is 0 Å². The molecule has 0 radical (unpaired) electrons. The molecule has 4 N–H and O–H groups in total. The van der Waals surface area contributed by atoms with Crippen molar-refractivity contribution in [3.8, 4) is 0 Å². The Morgan fingerprint density at radius 1 is 1.35 bits per heavy atom. The summed E-state index contributed by atoms with van der Waals surface area (Å²) < 4.78 is 25.9. The number of hydrogen-bond donors (Lipinski definition) is 3. The highest BCUT2D eigenvalue weighted by Crippen LogP contribution is 2.18. The maximum atomic E-state index is 11.8. The van der Waals surface area contributed by atoms with Crippen molar-refractivity contribution in [2.45, 2.75) is 56.4 Å². The molecule has 1 aliphatic rings. The van der Waals surface area contributed by atoms with Gasteiger partial charge in [-0.2, -0.15) is 0 Å². The van der Waals surface area contributed by atoms with Crippen LogP contribution < -0.4 is 10.5 Å². The molecule has 3 atom stereocenters. The molecule has 1 fully saturated rings. The molecular formula is C10H20N2O4S. The molecule has 0 saturated heterocycles. The van der Waals surface area contributed by atoms with Gasteiger partial charge in [-0.1, -0.05) is 19.3 Å². The van der Waals surface area contributed by atoms with E-state index in [1.54, 1.807) is 0 Å². The van der Waals surface area contributed by atoms with Crippen molar-refractivity contribution in [1.29, 1.82) is 0 Å². The number of carbonyl (C=O) groups is 1. The van der Waals surface area contributed by atoms with Crippen molar-refractivity contribution >= 4 is 16.0 Å². The molecule has 0 aromatic heterocycles. The van der Waals surface area contributed by atoms with E-state index in [9.17, 15) is 13.2 Å². The summed E-state index contributed by atoms with van der Waals surface area (Å²) in [6.07, 6.45) is 4.40. The first kappa shape index (κ1) is 14.4. The number of aliphatic carboxylic acids is 1. The highest BCUT2D eigenvalue weighted by molar-refractivity contribution is 7.90. The van der Waals surface area contributed by atoms with E-state index >= 15 is 0 Å². The first-order valence-electron chi connectivity index (χ1n) is 5.84. The lowest BCUT2D eigenvalue weighted by molar-refractivity contribution is -0.136. The summed E-state index contributed by atoms with van der Waals surface area (Å²) in [6.45, 7) is 1.16. The molecule has 7 heteroatoms. The van der Waals surface area contributed by atoms with Gasteiger partial charge in [-0.05, 0) is 19.8 Å². The van der Waals surface area contributed by atoms with E-state index < -0.39 is 21.2 Å². The molecule has 0 heterocycles. The molecule has 100 valence electrons. The molecule has 3 unspecified atom stereocenters. The number of nitrogens with two attached hydrogens (primary N) is 1. The van der Waals surface area contributed by atoms with Crippen molar-refractivity contribution < 1.29 is 18.3 Å². The second kappa shape index (κ2) is 5.79. The van der Waals surface area contributed by atoms with Crippen molar-refractivity contribution in [1.82, 2.24) is 4.72 Å². The fourth-order valence-electron chi connectivity index (χ4n) is 1.93. The first-order valence-corrected chi connectivity index (χ1v) is 7.39. The molecule has 0 aromatic rings. The maximum Gasteiger partial charge on any atom is 0.323 e. The fourth-order valence-corrected chi connectivity index (χ4v) is 3.11. The molecule has 0 amide bonds. The van der Waals surface area contributed by atoms with E-state index in [4.69, 9.17) is 10.8 Å². The number of sulfonamides is 1. The minimum Gasteiger partial charge on any atom is -0.480 e. The Morgan fingerprint density at radius 3 is 2.53 bits per heavy atom. The first-order chi connectivity index (χ1) is 7.84. The third kappa shape index (κ3) is 3.93. The van der Waals surface area contributed by atoms with E-state index in [1.807, 2.05) is 0 Å². The Bertz CT molecular complexity index is 369. The number of nitrogens with one attached hydrogen (secondary N) is 1. The maximum absolute atomic E-state index is 11.8. The van der Waals surface area contributed by atoms with Gasteiger partial charge in [-0.25, -0.2) is 13.1 Å². The van der Waals surface area contributed by atoms with Crippen molar-refractivity contribution in [2.24, 2.45) is 5.73 Å². The third-order valence-electron chi connectivity index (χ3n) is 3.20. The largest absolute Gasteiger partial charge is 0.480 e. The summed E-state index contributed by atoms with van der Waals surface area (Å²) in [5, 5.41) is 7.27. The van der Waals surface area contributed by atoms with Gasteiger partial charge in [-0.15, -0.1) is 0 Å². The standard InChI is InChI=1S/C10H20N2O4S/c1-7(10(13)14)17(15,16)12-9-6-4-2-3-5-8(9)11/h7-9,12H,2-6,11H2,1H3,(H,13,14). The van der Waals surface area contributed by atoms with Gasteiger partial charge in [0.25, 0.3) is 0 Å². The van der Waals surface area contributed by atoms with E-state index in [0.29, 0.717) is 6.42 Å². The predicted molar refractivity (Wildman–Crippen MR) is 64.0 cm³/mol. The van der Waals surface area contributed by atoms with Crippen LogP contribution in [0.4, 0.5) is 0 Å². The molecular weight excluding hydrogens is 244 g/mol. The van der Waals surface area contributed by atoms with Crippen LogP contribution in [0.2, 0.25) is 0 Å². The normalized spacial score (nSPS) is 28.4. The second-order valence-electron chi connectivity index (χ2n) is 4.55. The van der Waals surface area contributed by atoms with Crippen LogP contribution >= 0.6 is 0 Å². The molecule has 1 saturated carbocycles. The average Bonchev–Trinajstić information content (AvgIpc) is 2.43. The summed E-state index contributed by atoms with van der Waals surface area (Å²) >= 11 is 0. The van der Waals surface area contributed by atoms with Crippen LogP contribution in [0, 0.1) is 0 Å². The Hall–Kier alpha value is -0.660. The SMILES string of the molecule is CC(C(=O)O)S(=O)(=O)NC1CCCCCC1N. The van der Waals surface area contributed by atoms with E-state index in [1.165, 1.54) is 0 Å². The average molecular weight is 264 g/mol. The quantitative estimate of drug-likeness (QED) is 0.621. The van der Waals surface area contributed by atoms with Gasteiger partial charge in [0.1, 0.15) is 0 Å². The minimum absolute atomic E-state index is 0.228. The number of hydrogen-bond acceptors (Lipinski definition) is 4. The monoisotopic (exact) mass is 264 g/mol. The van der Waals surface area contributed by atoms with Crippen LogP contribution in [0.5, 0.6) is 0 Å². The molecule has 0 aromatic carbocycles. The van der Waals surface area contributed by atoms with Crippen molar-refractivity contribution in [3.05, 3.63) is 0 Å². The Labute approximate surface area is 102 Å². The number of carboxylic acid groups (broad SMARTS) is 1. The predicted octanol–water partition coefficient (Wildman–Crippen LogP) is 0.0389. The Morgan fingerprint density at radius 2 is 1.94 bits per heavy atom. The number of rotatable bonds is 4.